The van der Waals surface area contributed by atoms with Crippen molar-refractivity contribution in [1.82, 2.24) is 0 Å². The molecule has 3 rings (SSSR count). The molecule has 0 saturated carbocycles. The summed E-state index contributed by atoms with van der Waals surface area (Å²) in [6, 6.07) is 13.5. The minimum atomic E-state index is -0.937. The Balaban J connectivity index is 1.78. The highest BCUT2D eigenvalue weighted by Gasteiger charge is 2.32. The van der Waals surface area contributed by atoms with E-state index in [1.807, 2.05) is 6.07 Å². The lowest BCUT2D eigenvalue weighted by Crippen LogP contribution is -2.50. The van der Waals surface area contributed by atoms with Crippen molar-refractivity contribution in [2.24, 2.45) is 5.73 Å². The van der Waals surface area contributed by atoms with E-state index in [0.29, 0.717) is 28.5 Å². The molecular formula is C19H17N3O5. The highest BCUT2D eigenvalue weighted by atomic mass is 16.5. The van der Waals surface area contributed by atoms with Gasteiger partial charge in [-0.1, -0.05) is 12.1 Å². The molecule has 1 heterocycles. The summed E-state index contributed by atoms with van der Waals surface area (Å²) in [5, 5.41) is 8.94. The van der Waals surface area contributed by atoms with Crippen molar-refractivity contribution in [3.8, 4) is 23.3 Å². The zero-order valence-electron chi connectivity index (χ0n) is 14.5. The first-order valence-corrected chi connectivity index (χ1v) is 8.09. The van der Waals surface area contributed by atoms with Gasteiger partial charge in [-0.15, -0.1) is 0 Å². The third kappa shape index (κ3) is 3.77. The molecule has 1 atom stereocenters. The van der Waals surface area contributed by atoms with E-state index in [1.165, 1.54) is 18.1 Å². The van der Waals surface area contributed by atoms with E-state index < -0.39 is 12.0 Å². The number of nitrogens with zero attached hydrogens (tertiary/aromatic N) is 2. The first kappa shape index (κ1) is 18.1. The molecule has 1 aliphatic heterocycles. The zero-order valence-corrected chi connectivity index (χ0v) is 14.5. The Morgan fingerprint density at radius 1 is 1.30 bits per heavy atom. The fraction of sp³-hybridized carbons (Fsp3) is 0.211. The maximum Gasteiger partial charge on any atom is 0.265 e. The molecule has 2 N–H and O–H groups in total. The fourth-order valence-electron chi connectivity index (χ4n) is 2.69. The standard InChI is InChI=1S/C19H17N3O5/c1-25-16-8-12(9-20)6-7-15(16)26-11-18(23)22-10-17(19(21)24)27-14-5-3-2-4-13(14)22/h2-8,17H,10-11H2,1H3,(H2,21,24)/t17-/m0/s1. The van der Waals surface area contributed by atoms with Crippen molar-refractivity contribution in [3.63, 3.8) is 0 Å². The maximum atomic E-state index is 12.7. The predicted octanol–water partition coefficient (Wildman–Crippen LogP) is 1.23. The summed E-state index contributed by atoms with van der Waals surface area (Å²) >= 11 is 0. The second kappa shape index (κ2) is 7.66. The van der Waals surface area contributed by atoms with Gasteiger partial charge in [-0.25, -0.2) is 0 Å². The minimum absolute atomic E-state index is 0.000947. The predicted molar refractivity (Wildman–Crippen MR) is 95.6 cm³/mol. The van der Waals surface area contributed by atoms with Crippen LogP contribution in [0, 0.1) is 11.3 Å². The van der Waals surface area contributed by atoms with Crippen molar-refractivity contribution in [2.45, 2.75) is 6.10 Å². The molecule has 0 unspecified atom stereocenters. The molecule has 2 amide bonds. The van der Waals surface area contributed by atoms with Gasteiger partial charge in [0.25, 0.3) is 11.8 Å². The molecule has 0 fully saturated rings. The van der Waals surface area contributed by atoms with Crippen LogP contribution >= 0.6 is 0 Å². The summed E-state index contributed by atoms with van der Waals surface area (Å²) in [7, 11) is 1.45. The number of benzene rings is 2. The van der Waals surface area contributed by atoms with Crippen molar-refractivity contribution >= 4 is 17.5 Å². The molecule has 8 nitrogen and oxygen atoms in total. The average molecular weight is 367 g/mol. The summed E-state index contributed by atoms with van der Waals surface area (Å²) in [4.78, 5) is 25.7. The third-order valence-corrected chi connectivity index (χ3v) is 4.04. The molecule has 2 aromatic carbocycles. The number of fused-ring (bicyclic) bond motifs is 1. The number of carbonyl (C=O) groups excluding carboxylic acids is 2. The highest BCUT2D eigenvalue weighted by Crippen LogP contribution is 2.33. The number of carbonyl (C=O) groups is 2. The number of primary amides is 1. The molecule has 0 bridgehead atoms. The molecule has 0 aromatic heterocycles. The van der Waals surface area contributed by atoms with Gasteiger partial charge in [-0.3, -0.25) is 9.59 Å². The largest absolute Gasteiger partial charge is 0.493 e. The van der Waals surface area contributed by atoms with Crippen LogP contribution in [-0.2, 0) is 9.59 Å². The van der Waals surface area contributed by atoms with Gasteiger partial charge >= 0.3 is 0 Å². The van der Waals surface area contributed by atoms with Gasteiger partial charge in [-0.2, -0.15) is 5.26 Å². The summed E-state index contributed by atoms with van der Waals surface area (Å²) < 4.78 is 16.3. The molecule has 138 valence electrons. The maximum absolute atomic E-state index is 12.7. The lowest BCUT2D eigenvalue weighted by molar-refractivity contribution is -0.125. The average Bonchev–Trinajstić information content (AvgIpc) is 2.70. The van der Waals surface area contributed by atoms with Crippen molar-refractivity contribution in [3.05, 3.63) is 48.0 Å². The van der Waals surface area contributed by atoms with Crippen LogP contribution in [0.15, 0.2) is 42.5 Å². The van der Waals surface area contributed by atoms with E-state index in [1.54, 1.807) is 36.4 Å². The summed E-state index contributed by atoms with van der Waals surface area (Å²) in [6.45, 7) is -0.291. The minimum Gasteiger partial charge on any atom is -0.493 e. The van der Waals surface area contributed by atoms with Gasteiger partial charge < -0.3 is 24.8 Å². The van der Waals surface area contributed by atoms with Gasteiger partial charge in [0.1, 0.15) is 5.75 Å². The number of anilines is 1. The van der Waals surface area contributed by atoms with Crippen LogP contribution in [-0.4, -0.2) is 38.2 Å². The van der Waals surface area contributed by atoms with E-state index in [4.69, 9.17) is 25.2 Å². The SMILES string of the molecule is COc1cc(C#N)ccc1OCC(=O)N1C[C@@H](C(N)=O)Oc2ccccc21. The molecule has 1 aliphatic rings. The fourth-order valence-corrected chi connectivity index (χ4v) is 2.69. The molecule has 8 heteroatoms. The number of methoxy groups -OCH3 is 1. The first-order valence-electron chi connectivity index (χ1n) is 8.09. The van der Waals surface area contributed by atoms with Crippen LogP contribution in [0.2, 0.25) is 0 Å². The molecular weight excluding hydrogens is 350 g/mol. The van der Waals surface area contributed by atoms with Gasteiger partial charge in [0.2, 0.25) is 0 Å². The number of hydrogen-bond acceptors (Lipinski definition) is 6. The molecule has 0 saturated heterocycles. The van der Waals surface area contributed by atoms with Crippen LogP contribution < -0.4 is 24.8 Å². The number of hydrogen-bond donors (Lipinski definition) is 1. The Morgan fingerprint density at radius 2 is 2.07 bits per heavy atom. The van der Waals surface area contributed by atoms with Crippen LogP contribution in [0.25, 0.3) is 0 Å². The number of nitriles is 1. The molecule has 0 aliphatic carbocycles. The Hall–Kier alpha value is -3.73. The number of rotatable bonds is 5. The van der Waals surface area contributed by atoms with Crippen LogP contribution in [0.1, 0.15) is 5.56 Å². The van der Waals surface area contributed by atoms with Crippen LogP contribution in [0.3, 0.4) is 0 Å². The quantitative estimate of drug-likeness (QED) is 0.850. The van der Waals surface area contributed by atoms with Gasteiger partial charge in [0, 0.05) is 6.07 Å². The monoisotopic (exact) mass is 367 g/mol. The summed E-state index contributed by atoms with van der Waals surface area (Å²) in [5.41, 5.74) is 6.29. The Labute approximate surface area is 155 Å². The smallest absolute Gasteiger partial charge is 0.265 e. The Kier molecular flexibility index (Phi) is 5.13. The van der Waals surface area contributed by atoms with E-state index in [0.717, 1.165) is 0 Å². The number of ether oxygens (including phenoxy) is 3. The second-order valence-corrected chi connectivity index (χ2v) is 5.75. The van der Waals surface area contributed by atoms with Crippen molar-refractivity contribution in [1.29, 1.82) is 5.26 Å². The topological polar surface area (TPSA) is 115 Å². The van der Waals surface area contributed by atoms with Gasteiger partial charge in [0.15, 0.2) is 24.2 Å². The molecule has 0 radical (unpaired) electrons. The first-order chi connectivity index (χ1) is 13.0. The van der Waals surface area contributed by atoms with Crippen LogP contribution in [0.4, 0.5) is 5.69 Å². The zero-order chi connectivity index (χ0) is 19.4. The van der Waals surface area contributed by atoms with Crippen LogP contribution in [0.5, 0.6) is 17.2 Å². The lowest BCUT2D eigenvalue weighted by Gasteiger charge is -2.33. The van der Waals surface area contributed by atoms with E-state index in [9.17, 15) is 9.59 Å². The van der Waals surface area contributed by atoms with Gasteiger partial charge in [0.05, 0.1) is 31.0 Å². The third-order valence-electron chi connectivity index (χ3n) is 4.04. The molecule has 0 spiro atoms. The normalized spacial score (nSPS) is 15.1. The van der Waals surface area contributed by atoms with Crippen molar-refractivity contribution in [2.75, 3.05) is 25.2 Å². The number of para-hydroxylation sites is 2. The Bertz CT molecular complexity index is 922. The molecule has 27 heavy (non-hydrogen) atoms. The van der Waals surface area contributed by atoms with E-state index >= 15 is 0 Å². The second-order valence-electron chi connectivity index (χ2n) is 5.75. The number of amides is 2. The lowest BCUT2D eigenvalue weighted by atomic mass is 10.2. The van der Waals surface area contributed by atoms with E-state index in [2.05, 4.69) is 0 Å². The molecule has 2 aromatic rings. The summed E-state index contributed by atoms with van der Waals surface area (Å²) in [5.74, 6) is 0.0503. The number of nitrogens with two attached hydrogens (primary N) is 1. The highest BCUT2D eigenvalue weighted by molar-refractivity contribution is 5.98. The van der Waals surface area contributed by atoms with Gasteiger partial charge in [-0.05, 0) is 24.3 Å². The summed E-state index contributed by atoms with van der Waals surface area (Å²) in [6.07, 6.45) is -0.937. The Morgan fingerprint density at radius 3 is 2.78 bits per heavy atom. The van der Waals surface area contributed by atoms with E-state index in [-0.39, 0.29) is 19.1 Å². The van der Waals surface area contributed by atoms with Crippen molar-refractivity contribution < 1.29 is 23.8 Å².